The summed E-state index contributed by atoms with van der Waals surface area (Å²) in [6.45, 7) is 2.59. The van der Waals surface area contributed by atoms with Gasteiger partial charge in [-0.1, -0.05) is 30.3 Å². The van der Waals surface area contributed by atoms with Gasteiger partial charge in [0.05, 0.1) is 23.2 Å². The minimum atomic E-state index is -0.255. The van der Waals surface area contributed by atoms with E-state index in [-0.39, 0.29) is 17.7 Å². The number of carbonyl (C=O) groups is 2. The fourth-order valence-electron chi connectivity index (χ4n) is 3.35. The molecule has 6 nitrogen and oxygen atoms in total. The van der Waals surface area contributed by atoms with E-state index in [4.69, 9.17) is 0 Å². The van der Waals surface area contributed by atoms with Crippen LogP contribution in [-0.2, 0) is 22.6 Å². The molecule has 1 aromatic carbocycles. The number of nitrogens with one attached hydrogen (secondary N) is 1. The molecular formula is C21H28N4O2S. The molecule has 150 valence electrons. The van der Waals surface area contributed by atoms with Crippen LogP contribution in [0.1, 0.15) is 29.1 Å². The molecule has 28 heavy (non-hydrogen) atoms. The van der Waals surface area contributed by atoms with Gasteiger partial charge in [0.1, 0.15) is 0 Å². The van der Waals surface area contributed by atoms with Crippen molar-refractivity contribution in [3.05, 3.63) is 52.0 Å². The molecule has 1 atom stereocenters. The maximum Gasteiger partial charge on any atom is 0.225 e. The lowest BCUT2D eigenvalue weighted by atomic mass is 10.1. The highest BCUT2D eigenvalue weighted by atomic mass is 32.1. The van der Waals surface area contributed by atoms with Crippen LogP contribution < -0.4 is 5.32 Å². The van der Waals surface area contributed by atoms with Crippen LogP contribution in [0.15, 0.2) is 35.7 Å². The second-order valence-corrected chi connectivity index (χ2v) is 8.45. The minimum absolute atomic E-state index is 0.0546. The van der Waals surface area contributed by atoms with E-state index in [1.807, 2.05) is 42.6 Å². The highest BCUT2D eigenvalue weighted by Gasteiger charge is 2.33. The van der Waals surface area contributed by atoms with Gasteiger partial charge in [0.15, 0.2) is 0 Å². The molecule has 1 fully saturated rings. The van der Waals surface area contributed by atoms with Crippen LogP contribution in [-0.4, -0.2) is 60.3 Å². The number of rotatable bonds is 9. The summed E-state index contributed by atoms with van der Waals surface area (Å²) in [7, 11) is 4.04. The third-order valence-electron chi connectivity index (χ3n) is 4.86. The summed E-state index contributed by atoms with van der Waals surface area (Å²) in [5.41, 5.74) is 2.10. The summed E-state index contributed by atoms with van der Waals surface area (Å²) < 4.78 is 0. The van der Waals surface area contributed by atoms with Crippen LogP contribution >= 0.6 is 11.3 Å². The molecule has 3 rings (SSSR count). The fraction of sp³-hybridized carbons (Fsp3) is 0.476. The zero-order chi connectivity index (χ0) is 19.9. The van der Waals surface area contributed by atoms with Crippen LogP contribution in [0, 0.1) is 5.92 Å². The predicted octanol–water partition coefficient (Wildman–Crippen LogP) is 2.15. The number of aromatic nitrogens is 1. The molecule has 7 heteroatoms. The standard InChI is InChI=1S/C21H28N4O2S/c1-24(2)9-6-10-25-14-17(12-20(25)26)21(27)22-13-18-15-28-19(23-18)11-16-7-4-3-5-8-16/h3-5,7-8,15,17H,6,9-14H2,1-2H3,(H,22,27). The van der Waals surface area contributed by atoms with Gasteiger partial charge in [-0.25, -0.2) is 4.98 Å². The van der Waals surface area contributed by atoms with Gasteiger partial charge in [-0.15, -0.1) is 11.3 Å². The topological polar surface area (TPSA) is 65.5 Å². The largest absolute Gasteiger partial charge is 0.350 e. The number of nitrogens with zero attached hydrogens (tertiary/aromatic N) is 3. The van der Waals surface area contributed by atoms with Gasteiger partial charge < -0.3 is 15.1 Å². The van der Waals surface area contributed by atoms with E-state index in [1.54, 1.807) is 11.3 Å². The number of amides is 2. The number of benzene rings is 1. The molecule has 0 saturated carbocycles. The highest BCUT2D eigenvalue weighted by Crippen LogP contribution is 2.19. The molecule has 1 N–H and O–H groups in total. The molecule has 0 spiro atoms. The Labute approximate surface area is 170 Å². The Bertz CT molecular complexity index is 791. The fourth-order valence-corrected chi connectivity index (χ4v) is 4.17. The first-order valence-corrected chi connectivity index (χ1v) is 10.6. The SMILES string of the molecule is CN(C)CCCN1CC(C(=O)NCc2csc(Cc3ccccc3)n2)CC1=O. The van der Waals surface area contributed by atoms with Gasteiger partial charge >= 0.3 is 0 Å². The van der Waals surface area contributed by atoms with Crippen LogP contribution in [0.3, 0.4) is 0 Å². The number of hydrogen-bond acceptors (Lipinski definition) is 5. The molecule has 0 aliphatic carbocycles. The maximum atomic E-state index is 12.5. The number of carbonyl (C=O) groups excluding carboxylic acids is 2. The molecule has 0 radical (unpaired) electrons. The average molecular weight is 401 g/mol. The monoisotopic (exact) mass is 400 g/mol. The average Bonchev–Trinajstić information content (AvgIpc) is 3.27. The highest BCUT2D eigenvalue weighted by molar-refractivity contribution is 7.09. The van der Waals surface area contributed by atoms with Crippen molar-refractivity contribution in [3.8, 4) is 0 Å². The molecule has 1 aliphatic rings. The van der Waals surface area contributed by atoms with E-state index in [2.05, 4.69) is 27.3 Å². The van der Waals surface area contributed by atoms with Crippen molar-refractivity contribution in [1.82, 2.24) is 20.1 Å². The molecule has 1 unspecified atom stereocenters. The zero-order valence-corrected chi connectivity index (χ0v) is 17.4. The Morgan fingerprint density at radius 1 is 1.32 bits per heavy atom. The lowest BCUT2D eigenvalue weighted by Crippen LogP contribution is -2.33. The molecule has 1 aliphatic heterocycles. The number of hydrogen-bond donors (Lipinski definition) is 1. The first-order chi connectivity index (χ1) is 13.5. The van der Waals surface area contributed by atoms with Gasteiger partial charge in [0.25, 0.3) is 0 Å². The van der Waals surface area contributed by atoms with E-state index in [0.29, 0.717) is 19.5 Å². The third-order valence-corrected chi connectivity index (χ3v) is 5.76. The van der Waals surface area contributed by atoms with Crippen molar-refractivity contribution in [3.63, 3.8) is 0 Å². The summed E-state index contributed by atoms with van der Waals surface area (Å²) >= 11 is 1.61. The lowest BCUT2D eigenvalue weighted by molar-refractivity contribution is -0.129. The summed E-state index contributed by atoms with van der Waals surface area (Å²) in [5, 5.41) is 5.98. The second kappa shape index (κ2) is 9.80. The van der Waals surface area contributed by atoms with E-state index >= 15 is 0 Å². The summed E-state index contributed by atoms with van der Waals surface area (Å²) in [4.78, 5) is 33.1. The Hall–Kier alpha value is -2.25. The van der Waals surface area contributed by atoms with Gasteiger partial charge in [0, 0.05) is 31.3 Å². The summed E-state index contributed by atoms with van der Waals surface area (Å²) in [6.07, 6.45) is 2.04. The van der Waals surface area contributed by atoms with Crippen molar-refractivity contribution >= 4 is 23.2 Å². The molecule has 0 bridgehead atoms. The zero-order valence-electron chi connectivity index (χ0n) is 16.6. The predicted molar refractivity (Wildman–Crippen MR) is 111 cm³/mol. The van der Waals surface area contributed by atoms with Crippen molar-refractivity contribution < 1.29 is 9.59 Å². The van der Waals surface area contributed by atoms with Crippen LogP contribution in [0.25, 0.3) is 0 Å². The van der Waals surface area contributed by atoms with Crippen molar-refractivity contribution in [2.45, 2.75) is 25.8 Å². The Kier molecular flexibility index (Phi) is 7.17. The molecule has 2 amide bonds. The molecule has 1 saturated heterocycles. The van der Waals surface area contributed by atoms with E-state index in [9.17, 15) is 9.59 Å². The van der Waals surface area contributed by atoms with Gasteiger partial charge in [-0.05, 0) is 32.6 Å². The van der Waals surface area contributed by atoms with E-state index in [1.165, 1.54) is 5.56 Å². The maximum absolute atomic E-state index is 12.5. The normalized spacial score (nSPS) is 16.8. The van der Waals surface area contributed by atoms with Crippen LogP contribution in [0.2, 0.25) is 0 Å². The Balaban J connectivity index is 1.44. The lowest BCUT2D eigenvalue weighted by Gasteiger charge is -2.18. The second-order valence-electron chi connectivity index (χ2n) is 7.51. The summed E-state index contributed by atoms with van der Waals surface area (Å²) in [5.74, 6) is -0.229. The smallest absolute Gasteiger partial charge is 0.225 e. The van der Waals surface area contributed by atoms with Crippen molar-refractivity contribution in [2.24, 2.45) is 5.92 Å². The van der Waals surface area contributed by atoms with Crippen molar-refractivity contribution in [2.75, 3.05) is 33.7 Å². The minimum Gasteiger partial charge on any atom is -0.350 e. The van der Waals surface area contributed by atoms with Gasteiger partial charge in [-0.3, -0.25) is 9.59 Å². The Morgan fingerprint density at radius 3 is 2.86 bits per heavy atom. The van der Waals surface area contributed by atoms with E-state index < -0.39 is 0 Å². The number of thiazole rings is 1. The van der Waals surface area contributed by atoms with Crippen LogP contribution in [0.5, 0.6) is 0 Å². The van der Waals surface area contributed by atoms with Crippen molar-refractivity contribution in [1.29, 1.82) is 0 Å². The quantitative estimate of drug-likeness (QED) is 0.701. The molecule has 2 heterocycles. The number of likely N-dealkylation sites (tertiary alicyclic amines) is 1. The molecule has 2 aromatic rings. The van der Waals surface area contributed by atoms with E-state index in [0.717, 1.165) is 36.6 Å². The first kappa shape index (κ1) is 20.5. The first-order valence-electron chi connectivity index (χ1n) is 9.68. The van der Waals surface area contributed by atoms with Crippen LogP contribution in [0.4, 0.5) is 0 Å². The molecule has 1 aromatic heterocycles. The molecular weight excluding hydrogens is 372 g/mol. The Morgan fingerprint density at radius 2 is 2.11 bits per heavy atom. The third kappa shape index (κ3) is 5.87. The summed E-state index contributed by atoms with van der Waals surface area (Å²) in [6, 6.07) is 10.2. The van der Waals surface area contributed by atoms with Gasteiger partial charge in [-0.2, -0.15) is 0 Å². The van der Waals surface area contributed by atoms with Gasteiger partial charge in [0.2, 0.25) is 11.8 Å².